The molecule has 0 aromatic rings. The first-order valence-electron chi connectivity index (χ1n) is 7.36. The largest absolute Gasteiger partial charge is 0.388 e. The Labute approximate surface area is 104 Å². The summed E-state index contributed by atoms with van der Waals surface area (Å²) in [4.78, 5) is 2.49. The summed E-state index contributed by atoms with van der Waals surface area (Å²) in [6.07, 6.45) is 9.67. The van der Waals surface area contributed by atoms with E-state index < -0.39 is 0 Å². The number of hydrogen-bond acceptors (Lipinski definition) is 3. The van der Waals surface area contributed by atoms with Crippen LogP contribution >= 0.6 is 0 Å². The van der Waals surface area contributed by atoms with Crippen molar-refractivity contribution in [1.82, 2.24) is 4.90 Å². The van der Waals surface area contributed by atoms with E-state index in [9.17, 15) is 5.11 Å². The zero-order valence-electron chi connectivity index (χ0n) is 10.7. The molecular formula is C14H25NO2. The topological polar surface area (TPSA) is 32.7 Å². The van der Waals surface area contributed by atoms with Gasteiger partial charge in [-0.2, -0.15) is 0 Å². The SMILES string of the molecule is OC1(CCCC2CCCO2)CCN2CCCC21. The van der Waals surface area contributed by atoms with Gasteiger partial charge in [0.15, 0.2) is 0 Å². The molecule has 3 fully saturated rings. The zero-order chi connectivity index (χ0) is 11.7. The summed E-state index contributed by atoms with van der Waals surface area (Å²) in [6.45, 7) is 3.27. The first-order chi connectivity index (χ1) is 8.28. The molecule has 3 rings (SSSR count). The van der Waals surface area contributed by atoms with E-state index in [-0.39, 0.29) is 5.60 Å². The zero-order valence-corrected chi connectivity index (χ0v) is 10.7. The summed E-state index contributed by atoms with van der Waals surface area (Å²) >= 11 is 0. The van der Waals surface area contributed by atoms with E-state index in [0.29, 0.717) is 12.1 Å². The van der Waals surface area contributed by atoms with Crippen molar-refractivity contribution in [3.63, 3.8) is 0 Å². The quantitative estimate of drug-likeness (QED) is 0.813. The summed E-state index contributed by atoms with van der Waals surface area (Å²) in [7, 11) is 0. The van der Waals surface area contributed by atoms with E-state index in [1.807, 2.05) is 0 Å². The third-order valence-electron chi connectivity index (χ3n) is 4.98. The van der Waals surface area contributed by atoms with Gasteiger partial charge < -0.3 is 9.84 Å². The van der Waals surface area contributed by atoms with Crippen LogP contribution < -0.4 is 0 Å². The number of nitrogens with zero attached hydrogens (tertiary/aromatic N) is 1. The molecule has 0 aromatic carbocycles. The maximum absolute atomic E-state index is 10.8. The van der Waals surface area contributed by atoms with Gasteiger partial charge in [0.05, 0.1) is 11.7 Å². The minimum atomic E-state index is -0.380. The third-order valence-corrected chi connectivity index (χ3v) is 4.98. The van der Waals surface area contributed by atoms with E-state index in [2.05, 4.69) is 4.90 Å². The Hall–Kier alpha value is -0.120. The van der Waals surface area contributed by atoms with Crippen LogP contribution in [0.1, 0.15) is 51.4 Å². The van der Waals surface area contributed by atoms with E-state index in [1.165, 1.54) is 32.2 Å². The first kappa shape index (κ1) is 11.9. The average Bonchev–Trinajstić information content (AvgIpc) is 3.00. The molecule has 0 amide bonds. The van der Waals surface area contributed by atoms with E-state index in [4.69, 9.17) is 4.74 Å². The highest BCUT2D eigenvalue weighted by Gasteiger charge is 2.47. The second-order valence-electron chi connectivity index (χ2n) is 6.07. The first-order valence-corrected chi connectivity index (χ1v) is 7.36. The van der Waals surface area contributed by atoms with Crippen molar-refractivity contribution in [3.05, 3.63) is 0 Å². The van der Waals surface area contributed by atoms with E-state index >= 15 is 0 Å². The molecule has 0 radical (unpaired) electrons. The number of fused-ring (bicyclic) bond motifs is 1. The highest BCUT2D eigenvalue weighted by atomic mass is 16.5. The molecule has 98 valence electrons. The molecule has 3 atom stereocenters. The van der Waals surface area contributed by atoms with Crippen molar-refractivity contribution < 1.29 is 9.84 Å². The van der Waals surface area contributed by atoms with Crippen molar-refractivity contribution >= 4 is 0 Å². The Balaban J connectivity index is 1.47. The summed E-state index contributed by atoms with van der Waals surface area (Å²) < 4.78 is 5.65. The van der Waals surface area contributed by atoms with Crippen LogP contribution in [0.4, 0.5) is 0 Å². The summed E-state index contributed by atoms with van der Waals surface area (Å²) in [5, 5.41) is 10.8. The monoisotopic (exact) mass is 239 g/mol. The summed E-state index contributed by atoms with van der Waals surface area (Å²) in [5.74, 6) is 0. The molecule has 3 aliphatic heterocycles. The molecule has 3 saturated heterocycles. The van der Waals surface area contributed by atoms with Crippen LogP contribution in [0, 0.1) is 0 Å². The smallest absolute Gasteiger partial charge is 0.0814 e. The van der Waals surface area contributed by atoms with E-state index in [0.717, 1.165) is 38.8 Å². The Morgan fingerprint density at radius 1 is 1.24 bits per heavy atom. The summed E-state index contributed by atoms with van der Waals surface area (Å²) in [6, 6.07) is 0.465. The molecule has 3 heteroatoms. The van der Waals surface area contributed by atoms with E-state index in [1.54, 1.807) is 0 Å². The Bertz CT molecular complexity index is 265. The van der Waals surface area contributed by atoms with Gasteiger partial charge in [0.2, 0.25) is 0 Å². The van der Waals surface area contributed by atoms with Crippen LogP contribution in [-0.4, -0.2) is 47.4 Å². The highest BCUT2D eigenvalue weighted by Crippen LogP contribution is 2.39. The molecular weight excluding hydrogens is 214 g/mol. The number of hydrogen-bond donors (Lipinski definition) is 1. The molecule has 3 nitrogen and oxygen atoms in total. The van der Waals surface area contributed by atoms with Gasteiger partial charge in [-0.25, -0.2) is 0 Å². The molecule has 0 spiro atoms. The Morgan fingerprint density at radius 2 is 2.18 bits per heavy atom. The van der Waals surface area contributed by atoms with Crippen molar-refractivity contribution in [2.45, 2.75) is 69.1 Å². The molecule has 0 saturated carbocycles. The Kier molecular flexibility index (Phi) is 3.42. The fourth-order valence-corrected chi connectivity index (χ4v) is 4.01. The van der Waals surface area contributed by atoms with Crippen molar-refractivity contribution in [2.24, 2.45) is 0 Å². The highest BCUT2D eigenvalue weighted by molar-refractivity contribution is 5.02. The fraction of sp³-hybridized carbons (Fsp3) is 1.00. The average molecular weight is 239 g/mol. The molecule has 3 aliphatic rings. The molecule has 3 unspecified atom stereocenters. The molecule has 0 aromatic heterocycles. The standard InChI is InChI=1S/C14H25NO2/c16-14(7-1-4-12-5-3-11-17-12)8-10-15-9-2-6-13(14)15/h12-13,16H,1-11H2. The maximum Gasteiger partial charge on any atom is 0.0814 e. The summed E-state index contributed by atoms with van der Waals surface area (Å²) in [5.41, 5.74) is -0.380. The van der Waals surface area contributed by atoms with Gasteiger partial charge in [-0.1, -0.05) is 0 Å². The maximum atomic E-state index is 10.8. The lowest BCUT2D eigenvalue weighted by atomic mass is 9.87. The van der Waals surface area contributed by atoms with Gasteiger partial charge in [0.25, 0.3) is 0 Å². The Morgan fingerprint density at radius 3 is 3.00 bits per heavy atom. The third kappa shape index (κ3) is 2.38. The number of ether oxygens (including phenoxy) is 1. The van der Waals surface area contributed by atoms with Crippen LogP contribution in [0.15, 0.2) is 0 Å². The second kappa shape index (κ2) is 4.87. The van der Waals surface area contributed by atoms with Gasteiger partial charge >= 0.3 is 0 Å². The van der Waals surface area contributed by atoms with Gasteiger partial charge in [-0.05, 0) is 57.9 Å². The second-order valence-corrected chi connectivity index (χ2v) is 6.07. The van der Waals surface area contributed by atoms with Crippen LogP contribution in [0.2, 0.25) is 0 Å². The number of aliphatic hydroxyl groups is 1. The van der Waals surface area contributed by atoms with Crippen LogP contribution in [0.25, 0.3) is 0 Å². The molecule has 1 N–H and O–H groups in total. The van der Waals surface area contributed by atoms with Gasteiger partial charge in [-0.3, -0.25) is 4.90 Å². The van der Waals surface area contributed by atoms with Gasteiger partial charge in [-0.15, -0.1) is 0 Å². The minimum Gasteiger partial charge on any atom is -0.388 e. The van der Waals surface area contributed by atoms with Crippen molar-refractivity contribution in [3.8, 4) is 0 Å². The minimum absolute atomic E-state index is 0.380. The van der Waals surface area contributed by atoms with Gasteiger partial charge in [0, 0.05) is 19.2 Å². The lowest BCUT2D eigenvalue weighted by molar-refractivity contribution is -0.0000952. The van der Waals surface area contributed by atoms with Crippen LogP contribution in [-0.2, 0) is 4.74 Å². The van der Waals surface area contributed by atoms with Crippen LogP contribution in [0.3, 0.4) is 0 Å². The predicted octanol–water partition coefficient (Wildman–Crippen LogP) is 1.93. The molecule has 17 heavy (non-hydrogen) atoms. The number of rotatable bonds is 4. The molecule has 0 bridgehead atoms. The lowest BCUT2D eigenvalue weighted by Crippen LogP contribution is -2.41. The van der Waals surface area contributed by atoms with Crippen molar-refractivity contribution in [1.29, 1.82) is 0 Å². The lowest BCUT2D eigenvalue weighted by Gasteiger charge is -2.30. The van der Waals surface area contributed by atoms with Crippen LogP contribution in [0.5, 0.6) is 0 Å². The fourth-order valence-electron chi connectivity index (χ4n) is 4.01. The van der Waals surface area contributed by atoms with Crippen molar-refractivity contribution in [2.75, 3.05) is 19.7 Å². The normalized spacial score (nSPS) is 42.2. The molecule has 0 aliphatic carbocycles. The molecule has 3 heterocycles. The van der Waals surface area contributed by atoms with Gasteiger partial charge in [0.1, 0.15) is 0 Å². The predicted molar refractivity (Wildman–Crippen MR) is 67.0 cm³/mol.